The Kier molecular flexibility index (Phi) is 7.17. The van der Waals surface area contributed by atoms with Crippen LogP contribution >= 0.6 is 0 Å². The lowest BCUT2D eigenvalue weighted by molar-refractivity contribution is -0.383. The molecule has 32 heavy (non-hydrogen) atoms. The standard InChI is InChI=1S/C22H22N4O6/c1-31-19-11-9-15(14-20(19)32-2)16-10-12-22(28)25(24-16)13-5-8-21(27)23-17-6-3-4-7-18(17)26(29)30/h3-4,6-7,9-12,14H,5,8,13H2,1-2H3,(H,23,27). The molecule has 0 saturated heterocycles. The molecule has 2 aromatic carbocycles. The van der Waals surface area contributed by atoms with Crippen LogP contribution in [-0.2, 0) is 11.3 Å². The van der Waals surface area contributed by atoms with Crippen LogP contribution in [0, 0.1) is 10.1 Å². The van der Waals surface area contributed by atoms with Crippen LogP contribution < -0.4 is 20.3 Å². The lowest BCUT2D eigenvalue weighted by Gasteiger charge is -2.11. The summed E-state index contributed by atoms with van der Waals surface area (Å²) in [5, 5.41) is 18.0. The highest BCUT2D eigenvalue weighted by Crippen LogP contribution is 2.31. The van der Waals surface area contributed by atoms with Crippen molar-refractivity contribution in [3.8, 4) is 22.8 Å². The smallest absolute Gasteiger partial charge is 0.292 e. The molecule has 0 aliphatic rings. The van der Waals surface area contributed by atoms with Crippen molar-refractivity contribution in [2.75, 3.05) is 19.5 Å². The summed E-state index contributed by atoms with van der Waals surface area (Å²) in [7, 11) is 3.08. The quantitative estimate of drug-likeness (QED) is 0.401. The number of rotatable bonds is 9. The second-order valence-electron chi connectivity index (χ2n) is 6.78. The third-order valence-corrected chi connectivity index (χ3v) is 4.69. The molecule has 1 amide bonds. The number of carbonyl (C=O) groups is 1. The number of nitrogens with one attached hydrogen (secondary N) is 1. The first-order valence-electron chi connectivity index (χ1n) is 9.76. The first-order valence-corrected chi connectivity index (χ1v) is 9.76. The van der Waals surface area contributed by atoms with Crippen molar-refractivity contribution in [2.24, 2.45) is 0 Å². The zero-order chi connectivity index (χ0) is 23.1. The minimum atomic E-state index is -0.557. The molecule has 0 aliphatic heterocycles. The lowest BCUT2D eigenvalue weighted by Crippen LogP contribution is -2.23. The van der Waals surface area contributed by atoms with Crippen molar-refractivity contribution in [1.29, 1.82) is 0 Å². The molecule has 0 spiro atoms. The number of methoxy groups -OCH3 is 2. The highest BCUT2D eigenvalue weighted by Gasteiger charge is 2.15. The summed E-state index contributed by atoms with van der Waals surface area (Å²) in [6.07, 6.45) is 0.398. The molecular weight excluding hydrogens is 416 g/mol. The average Bonchev–Trinajstić information content (AvgIpc) is 2.80. The van der Waals surface area contributed by atoms with Gasteiger partial charge in [-0.05, 0) is 36.8 Å². The zero-order valence-electron chi connectivity index (χ0n) is 17.6. The van der Waals surface area contributed by atoms with Gasteiger partial charge in [0, 0.05) is 30.7 Å². The highest BCUT2D eigenvalue weighted by molar-refractivity contribution is 5.92. The van der Waals surface area contributed by atoms with Gasteiger partial charge in [-0.3, -0.25) is 19.7 Å². The van der Waals surface area contributed by atoms with E-state index in [1.807, 2.05) is 0 Å². The summed E-state index contributed by atoms with van der Waals surface area (Å²) >= 11 is 0. The molecule has 10 nitrogen and oxygen atoms in total. The molecule has 0 fully saturated rings. The van der Waals surface area contributed by atoms with E-state index < -0.39 is 4.92 Å². The van der Waals surface area contributed by atoms with Crippen molar-refractivity contribution in [1.82, 2.24) is 9.78 Å². The van der Waals surface area contributed by atoms with Crippen molar-refractivity contribution < 1.29 is 19.2 Å². The SMILES string of the molecule is COc1ccc(-c2ccc(=O)n(CCCC(=O)Nc3ccccc3[N+](=O)[O-])n2)cc1OC. The third kappa shape index (κ3) is 5.28. The second kappa shape index (κ2) is 10.2. The van der Waals surface area contributed by atoms with Crippen LogP contribution in [0.15, 0.2) is 59.4 Å². The second-order valence-corrected chi connectivity index (χ2v) is 6.78. The van der Waals surface area contributed by atoms with E-state index in [0.29, 0.717) is 23.6 Å². The minimum Gasteiger partial charge on any atom is -0.493 e. The molecule has 3 rings (SSSR count). The number of ether oxygens (including phenoxy) is 2. The summed E-state index contributed by atoms with van der Waals surface area (Å²) in [6, 6.07) is 14.2. The maximum absolute atomic E-state index is 12.2. The van der Waals surface area contributed by atoms with Gasteiger partial charge in [-0.15, -0.1) is 0 Å². The maximum Gasteiger partial charge on any atom is 0.292 e. The Bertz CT molecular complexity index is 1190. The fraction of sp³-hybridized carbons (Fsp3) is 0.227. The van der Waals surface area contributed by atoms with Gasteiger partial charge in [0.05, 0.1) is 24.8 Å². The molecule has 1 heterocycles. The Morgan fingerprint density at radius 3 is 2.56 bits per heavy atom. The number of para-hydroxylation sites is 2. The number of nitrogens with zero attached hydrogens (tertiary/aromatic N) is 3. The highest BCUT2D eigenvalue weighted by atomic mass is 16.6. The fourth-order valence-corrected chi connectivity index (χ4v) is 3.10. The molecule has 1 N–H and O–H groups in total. The van der Waals surface area contributed by atoms with Crippen molar-refractivity contribution >= 4 is 17.3 Å². The zero-order valence-corrected chi connectivity index (χ0v) is 17.6. The van der Waals surface area contributed by atoms with E-state index in [9.17, 15) is 19.7 Å². The molecule has 0 aliphatic carbocycles. The number of nitro groups is 1. The Balaban J connectivity index is 1.67. The van der Waals surface area contributed by atoms with E-state index in [0.717, 1.165) is 5.56 Å². The number of hydrogen-bond acceptors (Lipinski definition) is 7. The topological polar surface area (TPSA) is 126 Å². The Morgan fingerprint density at radius 2 is 1.84 bits per heavy atom. The van der Waals surface area contributed by atoms with Gasteiger partial charge in [0.15, 0.2) is 11.5 Å². The summed E-state index contributed by atoms with van der Waals surface area (Å²) in [6.45, 7) is 0.213. The Hall–Kier alpha value is -4.21. The number of anilines is 1. The number of amides is 1. The summed E-state index contributed by atoms with van der Waals surface area (Å²) < 4.78 is 11.8. The number of aryl methyl sites for hydroxylation is 1. The first-order chi connectivity index (χ1) is 15.4. The van der Waals surface area contributed by atoms with E-state index in [1.54, 1.807) is 37.4 Å². The molecule has 0 bridgehead atoms. The minimum absolute atomic E-state index is 0.0702. The normalized spacial score (nSPS) is 10.4. The molecule has 1 aromatic heterocycles. The van der Waals surface area contributed by atoms with Gasteiger partial charge >= 0.3 is 0 Å². The van der Waals surface area contributed by atoms with Gasteiger partial charge in [-0.2, -0.15) is 5.10 Å². The van der Waals surface area contributed by atoms with Crippen LogP contribution in [0.25, 0.3) is 11.3 Å². The lowest BCUT2D eigenvalue weighted by atomic mass is 10.1. The molecular formula is C22H22N4O6. The van der Waals surface area contributed by atoms with Crippen LogP contribution in [-0.4, -0.2) is 34.8 Å². The van der Waals surface area contributed by atoms with Gasteiger partial charge in [0.1, 0.15) is 5.69 Å². The summed E-state index contributed by atoms with van der Waals surface area (Å²) in [4.78, 5) is 34.9. The van der Waals surface area contributed by atoms with Crippen LogP contribution in [0.3, 0.4) is 0 Å². The molecule has 3 aromatic rings. The fourth-order valence-electron chi connectivity index (χ4n) is 3.10. The third-order valence-electron chi connectivity index (χ3n) is 4.69. The van der Waals surface area contributed by atoms with Crippen LogP contribution in [0.4, 0.5) is 11.4 Å². The average molecular weight is 438 g/mol. The van der Waals surface area contributed by atoms with Crippen LogP contribution in [0.2, 0.25) is 0 Å². The van der Waals surface area contributed by atoms with Crippen molar-refractivity contribution in [3.63, 3.8) is 0 Å². The van der Waals surface area contributed by atoms with Crippen LogP contribution in [0.5, 0.6) is 11.5 Å². The summed E-state index contributed by atoms with van der Waals surface area (Å²) in [5.41, 5.74) is 0.961. The number of benzene rings is 2. The van der Waals surface area contributed by atoms with Gasteiger partial charge < -0.3 is 14.8 Å². The van der Waals surface area contributed by atoms with Crippen molar-refractivity contribution in [2.45, 2.75) is 19.4 Å². The molecule has 0 saturated carbocycles. The molecule has 0 radical (unpaired) electrons. The number of nitro benzene ring substituents is 1. The van der Waals surface area contributed by atoms with Gasteiger partial charge in [0.25, 0.3) is 11.2 Å². The molecule has 0 unspecified atom stereocenters. The van der Waals surface area contributed by atoms with Gasteiger partial charge in [-0.1, -0.05) is 12.1 Å². The first kappa shape index (κ1) is 22.5. The number of hydrogen-bond donors (Lipinski definition) is 1. The maximum atomic E-state index is 12.2. The number of aromatic nitrogens is 2. The largest absolute Gasteiger partial charge is 0.493 e. The molecule has 10 heteroatoms. The van der Waals surface area contributed by atoms with E-state index in [4.69, 9.17) is 9.47 Å². The predicted octanol–water partition coefficient (Wildman–Crippen LogP) is 3.25. The Labute approximate surface area is 183 Å². The van der Waals surface area contributed by atoms with Gasteiger partial charge in [-0.25, -0.2) is 4.68 Å². The van der Waals surface area contributed by atoms with Gasteiger partial charge in [0.2, 0.25) is 5.91 Å². The summed E-state index contributed by atoms with van der Waals surface area (Å²) in [5.74, 6) is 0.730. The monoisotopic (exact) mass is 438 g/mol. The van der Waals surface area contributed by atoms with E-state index in [1.165, 1.54) is 36.1 Å². The Morgan fingerprint density at radius 1 is 1.09 bits per heavy atom. The molecule has 0 atom stereocenters. The molecule has 166 valence electrons. The van der Waals surface area contributed by atoms with Crippen molar-refractivity contribution in [3.05, 3.63) is 75.1 Å². The number of carbonyl (C=O) groups excluding carboxylic acids is 1. The van der Waals surface area contributed by atoms with E-state index in [2.05, 4.69) is 10.4 Å². The van der Waals surface area contributed by atoms with Crippen LogP contribution in [0.1, 0.15) is 12.8 Å². The van der Waals surface area contributed by atoms with E-state index in [-0.39, 0.29) is 35.8 Å². The van der Waals surface area contributed by atoms with E-state index >= 15 is 0 Å². The predicted molar refractivity (Wildman–Crippen MR) is 118 cm³/mol.